The van der Waals surface area contributed by atoms with E-state index in [2.05, 4.69) is 25.5 Å². The van der Waals surface area contributed by atoms with E-state index in [4.69, 9.17) is 5.73 Å². The van der Waals surface area contributed by atoms with Gasteiger partial charge in [0.25, 0.3) is 0 Å². The van der Waals surface area contributed by atoms with Gasteiger partial charge in [0.15, 0.2) is 5.82 Å². The Labute approximate surface area is 142 Å². The van der Waals surface area contributed by atoms with Crippen molar-refractivity contribution in [2.45, 2.75) is 0 Å². The highest BCUT2D eigenvalue weighted by molar-refractivity contribution is 5.78. The molecule has 0 saturated carbocycles. The number of para-hydroxylation sites is 1. The molecular formula is C17H12FN7. The average molecular weight is 333 g/mol. The number of tetrazole rings is 1. The maximum Gasteiger partial charge on any atom is 0.220 e. The SMILES string of the molecule is Nc1ncc(-c2nnnn2-c2ccccc2)c(-c2cccc(F)c2)n1. The van der Waals surface area contributed by atoms with Gasteiger partial charge in [-0.3, -0.25) is 0 Å². The van der Waals surface area contributed by atoms with Gasteiger partial charge >= 0.3 is 0 Å². The third kappa shape index (κ3) is 2.80. The zero-order valence-corrected chi connectivity index (χ0v) is 12.9. The van der Waals surface area contributed by atoms with Crippen LogP contribution in [0, 0.1) is 5.82 Å². The number of aromatic nitrogens is 6. The summed E-state index contributed by atoms with van der Waals surface area (Å²) in [6.07, 6.45) is 1.54. The Morgan fingerprint density at radius 3 is 2.64 bits per heavy atom. The second-order valence-corrected chi connectivity index (χ2v) is 5.25. The van der Waals surface area contributed by atoms with Crippen molar-refractivity contribution >= 4 is 5.95 Å². The van der Waals surface area contributed by atoms with E-state index >= 15 is 0 Å². The average Bonchev–Trinajstić information content (AvgIpc) is 3.12. The van der Waals surface area contributed by atoms with Gasteiger partial charge in [-0.1, -0.05) is 30.3 Å². The van der Waals surface area contributed by atoms with E-state index < -0.39 is 0 Å². The summed E-state index contributed by atoms with van der Waals surface area (Å²) in [5.41, 5.74) is 8.08. The minimum absolute atomic E-state index is 0.0850. The minimum atomic E-state index is -0.372. The van der Waals surface area contributed by atoms with Crippen molar-refractivity contribution in [3.8, 4) is 28.3 Å². The molecule has 0 aliphatic rings. The van der Waals surface area contributed by atoms with Crippen molar-refractivity contribution in [2.75, 3.05) is 5.73 Å². The van der Waals surface area contributed by atoms with Gasteiger partial charge in [-0.2, -0.15) is 4.68 Å². The molecule has 0 spiro atoms. The molecular weight excluding hydrogens is 321 g/mol. The highest BCUT2D eigenvalue weighted by atomic mass is 19.1. The van der Waals surface area contributed by atoms with E-state index in [0.29, 0.717) is 22.6 Å². The maximum absolute atomic E-state index is 13.7. The fourth-order valence-corrected chi connectivity index (χ4v) is 2.51. The van der Waals surface area contributed by atoms with Crippen molar-refractivity contribution < 1.29 is 4.39 Å². The van der Waals surface area contributed by atoms with Crippen LogP contribution >= 0.6 is 0 Å². The Balaban J connectivity index is 1.92. The van der Waals surface area contributed by atoms with Crippen LogP contribution in [0.4, 0.5) is 10.3 Å². The number of rotatable bonds is 3. The molecule has 0 radical (unpaired) electrons. The van der Waals surface area contributed by atoms with Gasteiger partial charge in [0, 0.05) is 11.8 Å². The molecule has 0 saturated heterocycles. The van der Waals surface area contributed by atoms with Crippen LogP contribution < -0.4 is 5.73 Å². The van der Waals surface area contributed by atoms with Gasteiger partial charge in [0.1, 0.15) is 5.82 Å². The van der Waals surface area contributed by atoms with Crippen LogP contribution in [0.25, 0.3) is 28.3 Å². The molecule has 0 unspecified atom stereocenters. The lowest BCUT2D eigenvalue weighted by molar-refractivity contribution is 0.628. The van der Waals surface area contributed by atoms with Gasteiger partial charge in [-0.15, -0.1) is 5.10 Å². The maximum atomic E-state index is 13.7. The summed E-state index contributed by atoms with van der Waals surface area (Å²) in [5.74, 6) is 0.149. The molecule has 0 aliphatic carbocycles. The number of anilines is 1. The second-order valence-electron chi connectivity index (χ2n) is 5.25. The van der Waals surface area contributed by atoms with Crippen LogP contribution in [0.5, 0.6) is 0 Å². The van der Waals surface area contributed by atoms with Crippen molar-refractivity contribution in [2.24, 2.45) is 0 Å². The standard InChI is InChI=1S/C17H12FN7/c18-12-6-4-5-11(9-12)15-14(10-20-17(19)21-15)16-22-23-24-25(16)13-7-2-1-3-8-13/h1-10H,(H2,19,20,21). The molecule has 25 heavy (non-hydrogen) atoms. The number of nitrogens with zero attached hydrogens (tertiary/aromatic N) is 6. The van der Waals surface area contributed by atoms with Crippen molar-refractivity contribution in [1.82, 2.24) is 30.2 Å². The Bertz CT molecular complexity index is 1030. The first-order valence-corrected chi connectivity index (χ1v) is 7.45. The summed E-state index contributed by atoms with van der Waals surface area (Å²) in [6, 6.07) is 15.5. The molecule has 4 aromatic rings. The molecule has 0 aliphatic heterocycles. The van der Waals surface area contributed by atoms with Crippen LogP contribution in [-0.2, 0) is 0 Å². The van der Waals surface area contributed by atoms with E-state index in [1.165, 1.54) is 18.3 Å². The summed E-state index contributed by atoms with van der Waals surface area (Å²) < 4.78 is 15.2. The lowest BCUT2D eigenvalue weighted by atomic mass is 10.1. The molecule has 8 heteroatoms. The molecule has 4 rings (SSSR count). The lowest BCUT2D eigenvalue weighted by Gasteiger charge is -2.09. The summed E-state index contributed by atoms with van der Waals surface area (Å²) in [6.45, 7) is 0. The Hall–Kier alpha value is -3.68. The Morgan fingerprint density at radius 2 is 1.84 bits per heavy atom. The van der Waals surface area contributed by atoms with Crippen LogP contribution in [-0.4, -0.2) is 30.2 Å². The normalized spacial score (nSPS) is 10.8. The third-order valence-corrected chi connectivity index (χ3v) is 3.62. The molecule has 0 bridgehead atoms. The van der Waals surface area contributed by atoms with Gasteiger partial charge in [-0.05, 0) is 34.7 Å². The fraction of sp³-hybridized carbons (Fsp3) is 0. The highest BCUT2D eigenvalue weighted by Crippen LogP contribution is 2.30. The molecule has 0 atom stereocenters. The predicted molar refractivity (Wildman–Crippen MR) is 90.0 cm³/mol. The molecule has 0 amide bonds. The number of hydrogen-bond donors (Lipinski definition) is 1. The number of hydrogen-bond acceptors (Lipinski definition) is 6. The first-order valence-electron chi connectivity index (χ1n) is 7.45. The minimum Gasteiger partial charge on any atom is -0.368 e. The van der Waals surface area contributed by atoms with Crippen molar-refractivity contribution in [1.29, 1.82) is 0 Å². The first-order chi connectivity index (χ1) is 12.2. The highest BCUT2D eigenvalue weighted by Gasteiger charge is 2.18. The van der Waals surface area contributed by atoms with Crippen LogP contribution in [0.1, 0.15) is 0 Å². The number of nitrogen functional groups attached to an aromatic ring is 1. The van der Waals surface area contributed by atoms with E-state index in [-0.39, 0.29) is 11.8 Å². The monoisotopic (exact) mass is 333 g/mol. The number of nitrogens with two attached hydrogens (primary N) is 1. The molecule has 2 aromatic heterocycles. The quantitative estimate of drug-likeness (QED) is 0.619. The van der Waals surface area contributed by atoms with Crippen LogP contribution in [0.2, 0.25) is 0 Å². The largest absolute Gasteiger partial charge is 0.368 e. The van der Waals surface area contributed by atoms with Gasteiger partial charge < -0.3 is 5.73 Å². The molecule has 2 heterocycles. The Kier molecular flexibility index (Phi) is 3.62. The third-order valence-electron chi connectivity index (χ3n) is 3.62. The topological polar surface area (TPSA) is 95.4 Å². The number of benzene rings is 2. The molecule has 122 valence electrons. The molecule has 2 aromatic carbocycles. The summed E-state index contributed by atoms with van der Waals surface area (Å²) in [4.78, 5) is 8.31. The zero-order chi connectivity index (χ0) is 17.2. The van der Waals surface area contributed by atoms with E-state index in [1.54, 1.807) is 16.8 Å². The zero-order valence-electron chi connectivity index (χ0n) is 12.9. The smallest absolute Gasteiger partial charge is 0.220 e. The van der Waals surface area contributed by atoms with Crippen molar-refractivity contribution in [3.05, 3.63) is 66.6 Å². The van der Waals surface area contributed by atoms with E-state index in [0.717, 1.165) is 5.69 Å². The van der Waals surface area contributed by atoms with Crippen LogP contribution in [0.3, 0.4) is 0 Å². The molecule has 0 fully saturated rings. The first kappa shape index (κ1) is 14.9. The second kappa shape index (κ2) is 6.08. The fourth-order valence-electron chi connectivity index (χ4n) is 2.51. The van der Waals surface area contributed by atoms with E-state index in [9.17, 15) is 4.39 Å². The molecule has 2 N–H and O–H groups in total. The summed E-state index contributed by atoms with van der Waals surface area (Å²) in [5, 5.41) is 11.9. The van der Waals surface area contributed by atoms with Gasteiger partial charge in [-0.25, -0.2) is 14.4 Å². The van der Waals surface area contributed by atoms with E-state index in [1.807, 2.05) is 30.3 Å². The van der Waals surface area contributed by atoms with Crippen molar-refractivity contribution in [3.63, 3.8) is 0 Å². The summed E-state index contributed by atoms with van der Waals surface area (Å²) >= 11 is 0. The predicted octanol–water partition coefficient (Wildman–Crippen LogP) is 2.51. The van der Waals surface area contributed by atoms with Crippen LogP contribution in [0.15, 0.2) is 60.8 Å². The summed E-state index contributed by atoms with van der Waals surface area (Å²) in [7, 11) is 0. The van der Waals surface area contributed by atoms with Gasteiger partial charge in [0.05, 0.1) is 16.9 Å². The van der Waals surface area contributed by atoms with Gasteiger partial charge in [0.2, 0.25) is 5.95 Å². The lowest BCUT2D eigenvalue weighted by Crippen LogP contribution is -2.04. The number of halogens is 1. The Morgan fingerprint density at radius 1 is 1.00 bits per heavy atom. The molecule has 7 nitrogen and oxygen atoms in total.